The van der Waals surface area contributed by atoms with Crippen molar-refractivity contribution in [2.24, 2.45) is 5.73 Å². The number of anilines is 1. The number of hydrogen-bond donors (Lipinski definition) is 2. The fourth-order valence-corrected chi connectivity index (χ4v) is 4.75. The van der Waals surface area contributed by atoms with E-state index in [2.05, 4.69) is 5.32 Å². The Kier molecular flexibility index (Phi) is 3.88. The van der Waals surface area contributed by atoms with E-state index in [1.807, 2.05) is 36.4 Å². The summed E-state index contributed by atoms with van der Waals surface area (Å²) < 4.78 is 5.67. The van der Waals surface area contributed by atoms with Gasteiger partial charge in [-0.3, -0.25) is 9.59 Å². The number of nitriles is 1. The van der Waals surface area contributed by atoms with Gasteiger partial charge in [0.2, 0.25) is 11.8 Å². The summed E-state index contributed by atoms with van der Waals surface area (Å²) in [7, 11) is 0. The van der Waals surface area contributed by atoms with Crippen LogP contribution in [0.15, 0.2) is 71.3 Å². The van der Waals surface area contributed by atoms with E-state index in [0.717, 1.165) is 5.56 Å². The van der Waals surface area contributed by atoms with Crippen molar-refractivity contribution in [2.45, 2.75) is 12.0 Å². The van der Waals surface area contributed by atoms with Crippen LogP contribution in [-0.2, 0) is 26.3 Å². The summed E-state index contributed by atoms with van der Waals surface area (Å²) in [6.07, 6.45) is 0. The van der Waals surface area contributed by atoms with Crippen LogP contribution in [0.2, 0.25) is 5.02 Å². The standard InChI is InChI=1S/C22H15ClN4O3/c23-14-7-4-8-15-17(14)22(21(29)26-15)13(9-24)19(25)30-16-11-27(20(28)18(16)22)10-12-5-2-1-3-6-12/h1-8H,10-11,25H2,(H,26,29). The normalized spacial score (nSPS) is 22.1. The van der Waals surface area contributed by atoms with Gasteiger partial charge in [0.1, 0.15) is 17.4 Å². The lowest BCUT2D eigenvalue weighted by molar-refractivity contribution is -0.128. The van der Waals surface area contributed by atoms with Crippen LogP contribution >= 0.6 is 11.6 Å². The average molecular weight is 419 g/mol. The first-order valence-electron chi connectivity index (χ1n) is 9.24. The quantitative estimate of drug-likeness (QED) is 0.779. The van der Waals surface area contributed by atoms with Gasteiger partial charge in [0.05, 0.1) is 12.1 Å². The van der Waals surface area contributed by atoms with Crippen LogP contribution in [0.3, 0.4) is 0 Å². The minimum atomic E-state index is -1.73. The third-order valence-electron chi connectivity index (χ3n) is 5.65. The molecule has 8 heteroatoms. The SMILES string of the molecule is N#CC1=C(N)OC2=C(C(=O)N(Cc3ccccc3)C2)C12C(=O)Nc1cccc(Cl)c12. The van der Waals surface area contributed by atoms with Crippen molar-refractivity contribution in [3.8, 4) is 6.07 Å². The lowest BCUT2D eigenvalue weighted by Crippen LogP contribution is -2.45. The highest BCUT2D eigenvalue weighted by Gasteiger charge is 2.62. The first kappa shape index (κ1) is 18.3. The molecule has 3 aliphatic heterocycles. The maximum Gasteiger partial charge on any atom is 0.255 e. The van der Waals surface area contributed by atoms with E-state index in [-0.39, 0.29) is 34.4 Å². The molecule has 0 saturated carbocycles. The Labute approximate surface area is 177 Å². The van der Waals surface area contributed by atoms with Gasteiger partial charge in [0, 0.05) is 22.8 Å². The van der Waals surface area contributed by atoms with Gasteiger partial charge in [-0.05, 0) is 17.7 Å². The molecule has 2 amide bonds. The number of ether oxygens (including phenoxy) is 1. The number of carbonyl (C=O) groups excluding carboxylic acids is 2. The number of hydrogen-bond acceptors (Lipinski definition) is 5. The zero-order valence-electron chi connectivity index (χ0n) is 15.6. The molecule has 0 fully saturated rings. The molecule has 0 radical (unpaired) electrons. The maximum absolute atomic E-state index is 13.5. The van der Waals surface area contributed by atoms with Crippen molar-refractivity contribution in [3.63, 3.8) is 0 Å². The van der Waals surface area contributed by atoms with Crippen molar-refractivity contribution < 1.29 is 14.3 Å². The Morgan fingerprint density at radius 3 is 2.70 bits per heavy atom. The van der Waals surface area contributed by atoms with Crippen LogP contribution in [0.5, 0.6) is 0 Å². The Morgan fingerprint density at radius 1 is 1.20 bits per heavy atom. The molecule has 30 heavy (non-hydrogen) atoms. The van der Waals surface area contributed by atoms with Gasteiger partial charge in [-0.25, -0.2) is 0 Å². The maximum atomic E-state index is 13.5. The van der Waals surface area contributed by atoms with E-state index in [9.17, 15) is 14.9 Å². The molecule has 2 aromatic rings. The zero-order valence-corrected chi connectivity index (χ0v) is 16.4. The Hall–Kier alpha value is -3.76. The lowest BCUT2D eigenvalue weighted by atomic mass is 9.68. The van der Waals surface area contributed by atoms with Crippen LogP contribution in [0, 0.1) is 11.3 Å². The molecule has 5 rings (SSSR count). The van der Waals surface area contributed by atoms with Crippen molar-refractivity contribution in [2.75, 3.05) is 11.9 Å². The van der Waals surface area contributed by atoms with Crippen LogP contribution in [0.1, 0.15) is 11.1 Å². The molecular formula is C22H15ClN4O3. The molecule has 1 atom stereocenters. The monoisotopic (exact) mass is 418 g/mol. The highest BCUT2D eigenvalue weighted by molar-refractivity contribution is 6.34. The number of nitrogens with two attached hydrogens (primary N) is 1. The van der Waals surface area contributed by atoms with Crippen LogP contribution in [-0.4, -0.2) is 23.3 Å². The Balaban J connectivity index is 1.69. The van der Waals surface area contributed by atoms with Crippen molar-refractivity contribution in [1.29, 1.82) is 5.26 Å². The van der Waals surface area contributed by atoms with E-state index < -0.39 is 17.2 Å². The summed E-state index contributed by atoms with van der Waals surface area (Å²) in [5.41, 5.74) is 6.00. The minimum absolute atomic E-state index is 0.0912. The van der Waals surface area contributed by atoms with E-state index in [0.29, 0.717) is 17.8 Å². The van der Waals surface area contributed by atoms with Gasteiger partial charge >= 0.3 is 0 Å². The van der Waals surface area contributed by atoms with Gasteiger partial charge in [-0.2, -0.15) is 5.26 Å². The summed E-state index contributed by atoms with van der Waals surface area (Å²) >= 11 is 6.48. The van der Waals surface area contributed by atoms with Gasteiger partial charge < -0.3 is 20.7 Å². The van der Waals surface area contributed by atoms with Crippen LogP contribution < -0.4 is 11.1 Å². The van der Waals surface area contributed by atoms with E-state index in [4.69, 9.17) is 22.1 Å². The highest BCUT2D eigenvalue weighted by atomic mass is 35.5. The van der Waals surface area contributed by atoms with E-state index >= 15 is 0 Å². The number of fused-ring (bicyclic) bond motifs is 3. The molecule has 0 aromatic heterocycles. The topological polar surface area (TPSA) is 108 Å². The minimum Gasteiger partial charge on any atom is -0.442 e. The van der Waals surface area contributed by atoms with Crippen molar-refractivity contribution >= 4 is 29.1 Å². The fraction of sp³-hybridized carbons (Fsp3) is 0.136. The van der Waals surface area contributed by atoms with Gasteiger partial charge in [-0.1, -0.05) is 48.0 Å². The largest absolute Gasteiger partial charge is 0.442 e. The lowest BCUT2D eigenvalue weighted by Gasteiger charge is -2.32. The van der Waals surface area contributed by atoms with Gasteiger partial charge in [0.15, 0.2) is 5.41 Å². The predicted molar refractivity (Wildman–Crippen MR) is 109 cm³/mol. The summed E-state index contributed by atoms with van der Waals surface area (Å²) in [4.78, 5) is 28.5. The zero-order chi connectivity index (χ0) is 21.0. The van der Waals surface area contributed by atoms with Crippen molar-refractivity contribution in [1.82, 2.24) is 4.90 Å². The average Bonchev–Trinajstić information content (AvgIpc) is 3.18. The highest BCUT2D eigenvalue weighted by Crippen LogP contribution is 2.55. The number of halogens is 1. The number of amides is 2. The number of carbonyl (C=O) groups is 2. The van der Waals surface area contributed by atoms with Crippen LogP contribution in [0.25, 0.3) is 0 Å². The Morgan fingerprint density at radius 2 is 1.97 bits per heavy atom. The van der Waals surface area contributed by atoms with Crippen molar-refractivity contribution in [3.05, 3.63) is 87.5 Å². The number of nitrogens with one attached hydrogen (secondary N) is 1. The summed E-state index contributed by atoms with van der Waals surface area (Å²) in [6, 6.07) is 16.4. The summed E-state index contributed by atoms with van der Waals surface area (Å²) in [6.45, 7) is 0.461. The number of benzene rings is 2. The van der Waals surface area contributed by atoms with E-state index in [1.165, 1.54) is 0 Å². The first-order chi connectivity index (χ1) is 14.5. The molecule has 2 aromatic carbocycles. The summed E-state index contributed by atoms with van der Waals surface area (Å²) in [5.74, 6) is -0.878. The van der Waals surface area contributed by atoms with Crippen LogP contribution in [0.4, 0.5) is 5.69 Å². The third kappa shape index (κ3) is 2.25. The molecule has 148 valence electrons. The second kappa shape index (κ2) is 6.37. The second-order valence-corrected chi connectivity index (χ2v) is 7.67. The molecular weight excluding hydrogens is 404 g/mol. The van der Waals surface area contributed by atoms with Gasteiger partial charge in [-0.15, -0.1) is 0 Å². The molecule has 1 unspecified atom stereocenters. The number of nitrogens with zero attached hydrogens (tertiary/aromatic N) is 2. The molecule has 0 aliphatic carbocycles. The molecule has 1 spiro atoms. The molecule has 7 nitrogen and oxygen atoms in total. The predicted octanol–water partition coefficient (Wildman–Crippen LogP) is 2.55. The third-order valence-corrected chi connectivity index (χ3v) is 5.96. The second-order valence-electron chi connectivity index (χ2n) is 7.26. The molecule has 3 heterocycles. The molecule has 3 aliphatic rings. The Bertz CT molecular complexity index is 1230. The summed E-state index contributed by atoms with van der Waals surface area (Å²) in [5, 5.41) is 12.9. The smallest absolute Gasteiger partial charge is 0.255 e. The number of rotatable bonds is 2. The first-order valence-corrected chi connectivity index (χ1v) is 9.61. The fourth-order valence-electron chi connectivity index (χ4n) is 4.43. The molecule has 3 N–H and O–H groups in total. The van der Waals surface area contributed by atoms with Gasteiger partial charge in [0.25, 0.3) is 5.91 Å². The molecule has 0 saturated heterocycles. The molecule has 0 bridgehead atoms. The van der Waals surface area contributed by atoms with E-state index in [1.54, 1.807) is 23.1 Å².